The Hall–Kier alpha value is -3.58. The van der Waals surface area contributed by atoms with Gasteiger partial charge in [0.15, 0.2) is 0 Å². The summed E-state index contributed by atoms with van der Waals surface area (Å²) in [7, 11) is 4.99. The van der Waals surface area contributed by atoms with Gasteiger partial charge in [-0.2, -0.15) is 5.10 Å². The number of nitrogens with zero attached hydrogens (tertiary/aromatic N) is 5. The number of aryl methyl sites for hydroxylation is 1. The molecule has 170 valence electrons. The van der Waals surface area contributed by atoms with E-state index in [2.05, 4.69) is 15.4 Å². The van der Waals surface area contributed by atoms with Crippen LogP contribution in [0.3, 0.4) is 0 Å². The third-order valence-electron chi connectivity index (χ3n) is 5.03. The first-order chi connectivity index (χ1) is 16.0. The van der Waals surface area contributed by atoms with Gasteiger partial charge in [-0.1, -0.05) is 0 Å². The number of carboxylic acids is 1. The van der Waals surface area contributed by atoms with Crippen LogP contribution in [0, 0.1) is 0 Å². The molecule has 0 amide bonds. The van der Waals surface area contributed by atoms with Gasteiger partial charge in [0, 0.05) is 54.9 Å². The van der Waals surface area contributed by atoms with Gasteiger partial charge in [-0.05, 0) is 18.2 Å². The van der Waals surface area contributed by atoms with Crippen molar-refractivity contribution >= 4 is 28.4 Å². The fraction of sp³-hybridized carbons (Fsp3) is 0.217. The summed E-state index contributed by atoms with van der Waals surface area (Å²) < 4.78 is 12.5. The number of aliphatic carboxylic acids is 1. The van der Waals surface area contributed by atoms with Crippen LogP contribution in [0.25, 0.3) is 22.3 Å². The summed E-state index contributed by atoms with van der Waals surface area (Å²) in [5.74, 6) is 0.0195. The minimum absolute atomic E-state index is 0. The maximum absolute atomic E-state index is 10.9. The van der Waals surface area contributed by atoms with Gasteiger partial charge in [0.2, 0.25) is 0 Å². The van der Waals surface area contributed by atoms with Crippen molar-refractivity contribution in [3.05, 3.63) is 55.0 Å². The zero-order valence-corrected chi connectivity index (χ0v) is 19.5. The van der Waals surface area contributed by atoms with Crippen molar-refractivity contribution < 1.29 is 38.2 Å². The fourth-order valence-electron chi connectivity index (χ4n) is 3.41. The van der Waals surface area contributed by atoms with Gasteiger partial charge < -0.3 is 24.3 Å². The van der Waals surface area contributed by atoms with E-state index >= 15 is 0 Å². The van der Waals surface area contributed by atoms with Crippen LogP contribution in [-0.2, 0) is 11.8 Å². The second-order valence-electron chi connectivity index (χ2n) is 7.29. The van der Waals surface area contributed by atoms with Crippen LogP contribution in [0.1, 0.15) is 0 Å². The molecule has 2 heterocycles. The number of methoxy groups -OCH3 is 2. The predicted molar refractivity (Wildman–Crippen MR) is 121 cm³/mol. The smallest absolute Gasteiger partial charge is 0.549 e. The molecule has 0 aliphatic rings. The number of aromatic nitrogens is 4. The van der Waals surface area contributed by atoms with Crippen LogP contribution in [0.5, 0.6) is 11.5 Å². The Morgan fingerprint density at radius 2 is 1.79 bits per heavy atom. The molecule has 0 unspecified atom stereocenters. The molecule has 2 aromatic carbocycles. The van der Waals surface area contributed by atoms with Gasteiger partial charge in [0.1, 0.15) is 11.5 Å². The second-order valence-corrected chi connectivity index (χ2v) is 7.29. The number of fused-ring (bicyclic) bond motifs is 1. The summed E-state index contributed by atoms with van der Waals surface area (Å²) in [5.41, 5.74) is 4.51. The molecule has 0 radical (unpaired) electrons. The number of ether oxygens (including phenoxy) is 2. The number of carboxylic acid groups (broad SMARTS) is 1. The van der Waals surface area contributed by atoms with Crippen LogP contribution in [-0.4, -0.2) is 53.2 Å². The van der Waals surface area contributed by atoms with E-state index < -0.39 is 5.97 Å². The molecule has 0 atom stereocenters. The van der Waals surface area contributed by atoms with Crippen molar-refractivity contribution in [3.63, 3.8) is 0 Å². The Morgan fingerprint density at radius 3 is 2.41 bits per heavy atom. The first kappa shape index (κ1) is 25.0. The average molecular weight is 454 g/mol. The van der Waals surface area contributed by atoms with Crippen molar-refractivity contribution in [3.8, 4) is 22.8 Å². The molecule has 34 heavy (non-hydrogen) atoms. The number of anilines is 2. The van der Waals surface area contributed by atoms with Crippen molar-refractivity contribution in [2.75, 3.05) is 32.3 Å². The first-order valence-corrected chi connectivity index (χ1v) is 10.1. The number of rotatable bonds is 9. The standard InChI is InChI=1S/C23H24N6O4.Li/c1-28-13-15(10-26-28)22-11-25-20-5-4-16(8-21(20)27-22)29(14-24-12-23(30)31)17-6-18(32-2)9-19(7-17)33-3;/h4-11,13,24H,12,14H2,1-3H3,(H,30,31);/q;+1/p-1. The number of nitrogens with one attached hydrogen (secondary N) is 1. The minimum Gasteiger partial charge on any atom is -0.549 e. The normalized spacial score (nSPS) is 10.6. The first-order valence-electron chi connectivity index (χ1n) is 10.1. The summed E-state index contributed by atoms with van der Waals surface area (Å²) >= 11 is 0. The number of carbonyl (C=O) groups is 1. The third-order valence-corrected chi connectivity index (χ3v) is 5.03. The van der Waals surface area contributed by atoms with E-state index in [1.807, 2.05) is 48.5 Å². The Balaban J connectivity index is 0.00000324. The maximum Gasteiger partial charge on any atom is 1.00 e. The van der Waals surface area contributed by atoms with Crippen molar-refractivity contribution in [1.82, 2.24) is 25.1 Å². The molecule has 0 bridgehead atoms. The van der Waals surface area contributed by atoms with Crippen LogP contribution in [0.15, 0.2) is 55.0 Å². The molecule has 0 saturated carbocycles. The largest absolute Gasteiger partial charge is 1.00 e. The molecule has 0 aliphatic heterocycles. The predicted octanol–water partition coefficient (Wildman–Crippen LogP) is -1.51. The second kappa shape index (κ2) is 11.0. The van der Waals surface area contributed by atoms with Crippen molar-refractivity contribution in [2.45, 2.75) is 0 Å². The molecule has 0 aliphatic carbocycles. The van der Waals surface area contributed by atoms with E-state index in [1.54, 1.807) is 37.4 Å². The topological polar surface area (TPSA) is 117 Å². The number of hydrogen-bond acceptors (Lipinski definition) is 9. The molecular formula is C23H23LiN6O4. The molecule has 11 heteroatoms. The number of hydrogen-bond donors (Lipinski definition) is 1. The van der Waals surface area contributed by atoms with E-state index in [0.29, 0.717) is 22.7 Å². The van der Waals surface area contributed by atoms with E-state index in [4.69, 9.17) is 14.5 Å². The number of benzene rings is 2. The van der Waals surface area contributed by atoms with E-state index in [0.717, 1.165) is 22.5 Å². The van der Waals surface area contributed by atoms with E-state index in [1.165, 1.54) is 0 Å². The molecule has 4 rings (SSSR count). The minimum atomic E-state index is -1.19. The molecular weight excluding hydrogens is 431 g/mol. The van der Waals surface area contributed by atoms with Gasteiger partial charge in [0.05, 0.1) is 56.0 Å². The van der Waals surface area contributed by atoms with Crippen LogP contribution in [0.4, 0.5) is 11.4 Å². The Morgan fingerprint density at radius 1 is 1.06 bits per heavy atom. The van der Waals surface area contributed by atoms with Crippen molar-refractivity contribution in [1.29, 1.82) is 0 Å². The van der Waals surface area contributed by atoms with Gasteiger partial charge in [0.25, 0.3) is 0 Å². The molecule has 4 aromatic rings. The SMILES string of the molecule is COc1cc(OC)cc(N(CNCC(=O)[O-])c2ccc3ncc(-c4cnn(C)c4)nc3c2)c1.[Li+]. The summed E-state index contributed by atoms with van der Waals surface area (Å²) in [4.78, 5) is 22.1. The van der Waals surface area contributed by atoms with Crippen LogP contribution in [0.2, 0.25) is 0 Å². The monoisotopic (exact) mass is 454 g/mol. The zero-order valence-electron chi connectivity index (χ0n) is 19.5. The van der Waals surface area contributed by atoms with Gasteiger partial charge in [-0.25, -0.2) is 4.98 Å². The summed E-state index contributed by atoms with van der Waals surface area (Å²) in [6.45, 7) is -0.0956. The van der Waals surface area contributed by atoms with Gasteiger partial charge >= 0.3 is 18.9 Å². The third kappa shape index (κ3) is 5.66. The van der Waals surface area contributed by atoms with Gasteiger partial charge in [-0.3, -0.25) is 15.0 Å². The summed E-state index contributed by atoms with van der Waals surface area (Å²) in [6.07, 6.45) is 5.32. The van der Waals surface area contributed by atoms with E-state index in [9.17, 15) is 9.90 Å². The molecule has 2 aromatic heterocycles. The van der Waals surface area contributed by atoms with Crippen molar-refractivity contribution in [2.24, 2.45) is 7.05 Å². The quantitative estimate of drug-likeness (QED) is 0.238. The summed E-state index contributed by atoms with van der Waals surface area (Å²) in [6, 6.07) is 11.1. The fourth-order valence-corrected chi connectivity index (χ4v) is 3.41. The zero-order chi connectivity index (χ0) is 23.4. The van der Waals surface area contributed by atoms with Crippen LogP contribution < -0.4 is 43.7 Å². The molecule has 1 N–H and O–H groups in total. The average Bonchev–Trinajstić information content (AvgIpc) is 3.26. The number of carbonyl (C=O) groups excluding carboxylic acids is 1. The molecule has 0 spiro atoms. The Kier molecular flexibility index (Phi) is 8.12. The van der Waals surface area contributed by atoms with E-state index in [-0.39, 0.29) is 32.1 Å². The van der Waals surface area contributed by atoms with Crippen LogP contribution >= 0.6 is 0 Å². The molecule has 0 fully saturated rings. The summed E-state index contributed by atoms with van der Waals surface area (Å²) in [5, 5.41) is 18.0. The van der Waals surface area contributed by atoms with Gasteiger partial charge in [-0.15, -0.1) is 0 Å². The Labute approximate surface area is 208 Å². The molecule has 10 nitrogen and oxygen atoms in total. The maximum atomic E-state index is 10.9. The Bertz CT molecular complexity index is 1270. The molecule has 0 saturated heterocycles.